The zero-order valence-electron chi connectivity index (χ0n) is 9.71. The van der Waals surface area contributed by atoms with Gasteiger partial charge in [-0.15, -0.1) is 0 Å². The second kappa shape index (κ2) is 5.10. The van der Waals surface area contributed by atoms with Crippen LogP contribution >= 0.6 is 0 Å². The van der Waals surface area contributed by atoms with E-state index < -0.39 is 0 Å². The fourth-order valence-corrected chi connectivity index (χ4v) is 1.50. The molecule has 0 spiro atoms. The largest absolute Gasteiger partial charge is 0.342 e. The predicted molar refractivity (Wildman–Crippen MR) is 63.4 cm³/mol. The quantitative estimate of drug-likeness (QED) is 0.843. The normalized spacial score (nSPS) is 11.6. The lowest BCUT2D eigenvalue weighted by atomic mass is 10.1. The lowest BCUT2D eigenvalue weighted by molar-refractivity contribution is 0.0938. The number of amides is 1. The standard InChI is InChI=1S/C12H11N5O/c1-8(11-14-7-15-17-11)16-12(18)10-4-2-3-9(5-10)6-13/h2-5,7-8H,1H3,(H,16,18)(H,14,15,17). The first-order valence-electron chi connectivity index (χ1n) is 5.37. The minimum Gasteiger partial charge on any atom is -0.342 e. The Labute approximate surface area is 104 Å². The maximum Gasteiger partial charge on any atom is 0.251 e. The van der Waals surface area contributed by atoms with Crippen molar-refractivity contribution in [3.63, 3.8) is 0 Å². The summed E-state index contributed by atoms with van der Waals surface area (Å²) in [7, 11) is 0. The molecule has 2 rings (SSSR count). The van der Waals surface area contributed by atoms with Gasteiger partial charge < -0.3 is 5.32 Å². The Kier molecular flexibility index (Phi) is 3.34. The summed E-state index contributed by atoms with van der Waals surface area (Å²) in [6.07, 6.45) is 1.38. The molecule has 1 atom stereocenters. The molecule has 6 heteroatoms. The number of rotatable bonds is 3. The Morgan fingerprint density at radius 3 is 3.06 bits per heavy atom. The molecule has 1 heterocycles. The van der Waals surface area contributed by atoms with E-state index in [1.54, 1.807) is 31.2 Å². The SMILES string of the molecule is CC(NC(=O)c1cccc(C#N)c1)c1ncn[nH]1. The van der Waals surface area contributed by atoms with Crippen LogP contribution in [0.4, 0.5) is 0 Å². The lowest BCUT2D eigenvalue weighted by Crippen LogP contribution is -2.27. The lowest BCUT2D eigenvalue weighted by Gasteiger charge is -2.10. The molecule has 18 heavy (non-hydrogen) atoms. The summed E-state index contributed by atoms with van der Waals surface area (Å²) >= 11 is 0. The number of aromatic amines is 1. The third-order valence-electron chi connectivity index (χ3n) is 2.45. The highest BCUT2D eigenvalue weighted by molar-refractivity contribution is 5.94. The summed E-state index contributed by atoms with van der Waals surface area (Å²) in [6, 6.07) is 8.24. The van der Waals surface area contributed by atoms with Crippen molar-refractivity contribution in [2.45, 2.75) is 13.0 Å². The van der Waals surface area contributed by atoms with Gasteiger partial charge in [0.05, 0.1) is 17.7 Å². The molecule has 0 aliphatic rings. The van der Waals surface area contributed by atoms with Crippen LogP contribution in [0.3, 0.4) is 0 Å². The zero-order chi connectivity index (χ0) is 13.0. The van der Waals surface area contributed by atoms with Crippen LogP contribution in [0, 0.1) is 11.3 Å². The average Bonchev–Trinajstić information content (AvgIpc) is 2.92. The number of nitrogens with one attached hydrogen (secondary N) is 2. The van der Waals surface area contributed by atoms with Gasteiger partial charge in [0.2, 0.25) is 0 Å². The van der Waals surface area contributed by atoms with Crippen molar-refractivity contribution in [1.29, 1.82) is 5.26 Å². The number of benzene rings is 1. The van der Waals surface area contributed by atoms with Crippen LogP contribution < -0.4 is 5.32 Å². The van der Waals surface area contributed by atoms with Gasteiger partial charge in [-0.2, -0.15) is 10.4 Å². The van der Waals surface area contributed by atoms with Crippen molar-refractivity contribution >= 4 is 5.91 Å². The Morgan fingerprint density at radius 2 is 2.39 bits per heavy atom. The number of carbonyl (C=O) groups is 1. The summed E-state index contributed by atoms with van der Waals surface area (Å²) in [5, 5.41) is 17.9. The van der Waals surface area contributed by atoms with Gasteiger partial charge in [-0.3, -0.25) is 9.89 Å². The second-order valence-electron chi connectivity index (χ2n) is 3.76. The van der Waals surface area contributed by atoms with Gasteiger partial charge >= 0.3 is 0 Å². The Hall–Kier alpha value is -2.68. The van der Waals surface area contributed by atoms with Crippen LogP contribution in [-0.2, 0) is 0 Å². The molecule has 2 aromatic rings. The highest BCUT2D eigenvalue weighted by Gasteiger charge is 2.13. The molecule has 0 aliphatic heterocycles. The van der Waals surface area contributed by atoms with E-state index in [0.717, 1.165) is 0 Å². The van der Waals surface area contributed by atoms with Crippen molar-refractivity contribution < 1.29 is 4.79 Å². The first-order chi connectivity index (χ1) is 8.70. The monoisotopic (exact) mass is 241 g/mol. The van der Waals surface area contributed by atoms with Crippen molar-refractivity contribution in [3.05, 3.63) is 47.5 Å². The van der Waals surface area contributed by atoms with E-state index in [9.17, 15) is 4.79 Å². The van der Waals surface area contributed by atoms with Gasteiger partial charge in [-0.05, 0) is 25.1 Å². The molecule has 0 bridgehead atoms. The number of carbonyl (C=O) groups excluding carboxylic acids is 1. The number of aromatic nitrogens is 3. The van der Waals surface area contributed by atoms with E-state index >= 15 is 0 Å². The van der Waals surface area contributed by atoms with Crippen LogP contribution in [0.15, 0.2) is 30.6 Å². The Morgan fingerprint density at radius 1 is 1.56 bits per heavy atom. The maximum atomic E-state index is 11.9. The van der Waals surface area contributed by atoms with Crippen LogP contribution in [0.2, 0.25) is 0 Å². The smallest absolute Gasteiger partial charge is 0.251 e. The maximum absolute atomic E-state index is 11.9. The van der Waals surface area contributed by atoms with E-state index in [1.165, 1.54) is 6.33 Å². The number of hydrogen-bond donors (Lipinski definition) is 2. The number of hydrogen-bond acceptors (Lipinski definition) is 4. The molecule has 1 aromatic carbocycles. The van der Waals surface area contributed by atoms with Gasteiger partial charge in [-0.25, -0.2) is 4.98 Å². The van der Waals surface area contributed by atoms with Crippen LogP contribution in [0.25, 0.3) is 0 Å². The molecule has 1 aromatic heterocycles. The topological polar surface area (TPSA) is 94.5 Å². The first-order valence-corrected chi connectivity index (χ1v) is 5.37. The van der Waals surface area contributed by atoms with Crippen molar-refractivity contribution in [2.75, 3.05) is 0 Å². The molecule has 2 N–H and O–H groups in total. The minimum atomic E-state index is -0.272. The average molecular weight is 241 g/mol. The van der Waals surface area contributed by atoms with Gasteiger partial charge in [0.15, 0.2) is 0 Å². The summed E-state index contributed by atoms with van der Waals surface area (Å²) in [6.45, 7) is 1.80. The number of nitrogens with zero attached hydrogens (tertiary/aromatic N) is 3. The fourth-order valence-electron chi connectivity index (χ4n) is 1.50. The Balaban J connectivity index is 2.10. The highest BCUT2D eigenvalue weighted by Crippen LogP contribution is 2.08. The Bertz CT molecular complexity index is 585. The van der Waals surface area contributed by atoms with Gasteiger partial charge in [0.25, 0.3) is 5.91 Å². The molecule has 90 valence electrons. The van der Waals surface area contributed by atoms with Crippen molar-refractivity contribution in [1.82, 2.24) is 20.5 Å². The molecule has 0 fully saturated rings. The molecule has 0 saturated carbocycles. The summed E-state index contributed by atoms with van der Waals surface area (Å²) in [5.41, 5.74) is 0.899. The van der Waals surface area contributed by atoms with Gasteiger partial charge in [0, 0.05) is 5.56 Å². The van der Waals surface area contributed by atoms with E-state index in [4.69, 9.17) is 5.26 Å². The summed E-state index contributed by atoms with van der Waals surface area (Å²) in [5.74, 6) is 0.329. The molecule has 1 unspecified atom stereocenters. The highest BCUT2D eigenvalue weighted by atomic mass is 16.1. The minimum absolute atomic E-state index is 0.254. The molecular weight excluding hydrogens is 230 g/mol. The van der Waals surface area contributed by atoms with Crippen LogP contribution in [0.1, 0.15) is 34.7 Å². The van der Waals surface area contributed by atoms with E-state index in [2.05, 4.69) is 20.5 Å². The van der Waals surface area contributed by atoms with Crippen LogP contribution in [0.5, 0.6) is 0 Å². The number of H-pyrrole nitrogens is 1. The molecule has 1 amide bonds. The van der Waals surface area contributed by atoms with E-state index in [-0.39, 0.29) is 11.9 Å². The molecule has 6 nitrogen and oxygen atoms in total. The zero-order valence-corrected chi connectivity index (χ0v) is 9.71. The molecule has 0 aliphatic carbocycles. The van der Waals surface area contributed by atoms with Gasteiger partial charge in [-0.1, -0.05) is 6.07 Å². The third-order valence-corrected chi connectivity index (χ3v) is 2.45. The van der Waals surface area contributed by atoms with Crippen molar-refractivity contribution in [3.8, 4) is 6.07 Å². The van der Waals surface area contributed by atoms with E-state index in [1.807, 2.05) is 6.07 Å². The van der Waals surface area contributed by atoms with Crippen LogP contribution in [-0.4, -0.2) is 21.1 Å². The predicted octanol–water partition coefficient (Wildman–Crippen LogP) is 1.17. The summed E-state index contributed by atoms with van der Waals surface area (Å²) in [4.78, 5) is 15.9. The molecular formula is C12H11N5O. The molecule has 0 saturated heterocycles. The molecule has 0 radical (unpaired) electrons. The van der Waals surface area contributed by atoms with Gasteiger partial charge in [0.1, 0.15) is 12.2 Å². The second-order valence-corrected chi connectivity index (χ2v) is 3.76. The third kappa shape index (κ3) is 2.52. The summed E-state index contributed by atoms with van der Waals surface area (Å²) < 4.78 is 0. The van der Waals surface area contributed by atoms with E-state index in [0.29, 0.717) is 17.0 Å². The fraction of sp³-hybridized carbons (Fsp3) is 0.167. The van der Waals surface area contributed by atoms with Crippen molar-refractivity contribution in [2.24, 2.45) is 0 Å². The number of nitriles is 1. The first kappa shape index (κ1) is 11.8.